The van der Waals surface area contributed by atoms with Gasteiger partial charge in [0, 0.05) is 24.7 Å². The second-order valence-electron chi connectivity index (χ2n) is 8.16. The topological polar surface area (TPSA) is 99.0 Å². The van der Waals surface area contributed by atoms with Gasteiger partial charge in [0.2, 0.25) is 0 Å². The molecule has 1 amide bonds. The number of halogens is 3. The molecule has 5 rings (SSSR count). The molecule has 4 heterocycles. The lowest BCUT2D eigenvalue weighted by molar-refractivity contribution is 0.142. The van der Waals surface area contributed by atoms with Crippen LogP contribution in [-0.4, -0.2) is 62.3 Å². The number of anilines is 1. The van der Waals surface area contributed by atoms with Gasteiger partial charge in [-0.15, -0.1) is 0 Å². The minimum Gasteiger partial charge on any atom is -0.448 e. The molecular weight excluding hydrogens is 466 g/mol. The molecule has 3 aliphatic rings. The highest BCUT2D eigenvalue weighted by Gasteiger charge is 2.36. The number of piperidine rings is 1. The lowest BCUT2D eigenvalue weighted by Crippen LogP contribution is -2.45. The van der Waals surface area contributed by atoms with Gasteiger partial charge >= 0.3 is 6.09 Å². The number of ether oxygens (including phenoxy) is 1. The molecular formula is C20H21ClF2N4O4S. The molecule has 2 fully saturated rings. The van der Waals surface area contributed by atoms with Crippen LogP contribution in [-0.2, 0) is 16.2 Å². The zero-order chi connectivity index (χ0) is 22.6. The average Bonchev–Trinajstić information content (AvgIpc) is 3.31. The molecule has 0 spiro atoms. The third-order valence-electron chi connectivity index (χ3n) is 6.06. The summed E-state index contributed by atoms with van der Waals surface area (Å²) in [6.45, 7) is 2.09. The summed E-state index contributed by atoms with van der Waals surface area (Å²) in [6, 6.07) is 1.87. The first-order chi connectivity index (χ1) is 15.2. The molecule has 2 saturated heterocycles. The Morgan fingerprint density at radius 1 is 1.09 bits per heavy atom. The summed E-state index contributed by atoms with van der Waals surface area (Å²) in [7, 11) is -2.91. The minimum absolute atomic E-state index is 0.0216. The number of fused-ring (bicyclic) bond motifs is 1. The fraction of sp³-hybridized carbons (Fsp3) is 0.450. The lowest BCUT2D eigenvalue weighted by atomic mass is 10.0. The quantitative estimate of drug-likeness (QED) is 0.625. The van der Waals surface area contributed by atoms with E-state index in [2.05, 4.69) is 9.97 Å². The summed E-state index contributed by atoms with van der Waals surface area (Å²) < 4.78 is 54.2. The number of aromatic nitrogens is 2. The van der Waals surface area contributed by atoms with Crippen LogP contribution in [0.3, 0.4) is 0 Å². The highest BCUT2D eigenvalue weighted by molar-refractivity contribution is 8.23. The first-order valence-electron chi connectivity index (χ1n) is 10.2. The Balaban J connectivity index is 1.49. The van der Waals surface area contributed by atoms with Gasteiger partial charge in [0.1, 0.15) is 24.1 Å². The molecule has 1 aromatic heterocycles. The average molecular weight is 487 g/mol. The molecule has 12 heteroatoms. The Morgan fingerprint density at radius 2 is 1.84 bits per heavy atom. The van der Waals surface area contributed by atoms with Crippen molar-refractivity contribution in [3.8, 4) is 11.4 Å². The summed E-state index contributed by atoms with van der Waals surface area (Å²) in [5.74, 6) is -1.14. The minimum atomic E-state index is -2.91. The van der Waals surface area contributed by atoms with Crippen LogP contribution in [0.15, 0.2) is 12.1 Å². The molecule has 1 aromatic carbocycles. The van der Waals surface area contributed by atoms with Crippen LogP contribution in [0.2, 0.25) is 5.02 Å². The highest BCUT2D eigenvalue weighted by Crippen LogP contribution is 2.54. The number of carbonyl (C=O) groups excluding carboxylic acids is 1. The molecule has 0 aliphatic carbocycles. The van der Waals surface area contributed by atoms with Gasteiger partial charge in [0.15, 0.2) is 5.82 Å². The van der Waals surface area contributed by atoms with Crippen LogP contribution in [0, 0.1) is 11.6 Å². The van der Waals surface area contributed by atoms with Crippen LogP contribution in [0.4, 0.5) is 19.4 Å². The van der Waals surface area contributed by atoms with Crippen molar-refractivity contribution in [1.82, 2.24) is 14.9 Å². The maximum Gasteiger partial charge on any atom is 0.410 e. The zero-order valence-electron chi connectivity index (χ0n) is 16.9. The molecule has 2 N–H and O–H groups in total. The number of carbonyl (C=O) groups is 1. The van der Waals surface area contributed by atoms with Crippen molar-refractivity contribution in [2.24, 2.45) is 0 Å². The Bertz CT molecular complexity index is 1100. The summed E-state index contributed by atoms with van der Waals surface area (Å²) in [4.78, 5) is 24.4. The number of benzene rings is 1. The van der Waals surface area contributed by atoms with Crippen LogP contribution < -0.4 is 4.90 Å². The van der Waals surface area contributed by atoms with Crippen molar-refractivity contribution in [2.45, 2.75) is 30.4 Å². The molecule has 32 heavy (non-hydrogen) atoms. The molecule has 0 unspecified atom stereocenters. The van der Waals surface area contributed by atoms with E-state index in [0.717, 1.165) is 12.1 Å². The highest BCUT2D eigenvalue weighted by atomic mass is 35.5. The van der Waals surface area contributed by atoms with Crippen molar-refractivity contribution >= 4 is 34.1 Å². The number of cyclic esters (lactones) is 1. The fourth-order valence-electron chi connectivity index (χ4n) is 4.49. The van der Waals surface area contributed by atoms with E-state index in [4.69, 9.17) is 16.3 Å². The van der Waals surface area contributed by atoms with E-state index < -0.39 is 22.2 Å². The van der Waals surface area contributed by atoms with Gasteiger partial charge in [-0.05, 0) is 25.0 Å². The molecule has 2 aromatic rings. The number of rotatable bonds is 3. The van der Waals surface area contributed by atoms with Gasteiger partial charge in [0.05, 0.1) is 34.3 Å². The van der Waals surface area contributed by atoms with Crippen LogP contribution in [0.5, 0.6) is 0 Å². The monoisotopic (exact) mass is 486 g/mol. The summed E-state index contributed by atoms with van der Waals surface area (Å²) in [5, 5.41) is -0.343. The Labute approximate surface area is 189 Å². The van der Waals surface area contributed by atoms with Crippen molar-refractivity contribution in [2.75, 3.05) is 31.1 Å². The normalized spacial score (nSPS) is 21.6. The fourth-order valence-corrected chi connectivity index (χ4v) is 6.18. The van der Waals surface area contributed by atoms with Gasteiger partial charge in [-0.3, -0.25) is 9.11 Å². The van der Waals surface area contributed by atoms with Crippen molar-refractivity contribution < 1.29 is 27.4 Å². The van der Waals surface area contributed by atoms with Crippen molar-refractivity contribution in [3.63, 3.8) is 0 Å². The van der Waals surface area contributed by atoms with Crippen LogP contribution in [0.1, 0.15) is 24.1 Å². The summed E-state index contributed by atoms with van der Waals surface area (Å²) >= 11 is 5.67. The third kappa shape index (κ3) is 3.87. The summed E-state index contributed by atoms with van der Waals surface area (Å²) in [5.41, 5.74) is 0.890. The molecule has 0 bridgehead atoms. The largest absolute Gasteiger partial charge is 0.448 e. The van der Waals surface area contributed by atoms with E-state index in [0.29, 0.717) is 56.2 Å². The number of nitrogens with zero attached hydrogens (tertiary/aromatic N) is 4. The van der Waals surface area contributed by atoms with Gasteiger partial charge < -0.3 is 14.5 Å². The van der Waals surface area contributed by atoms with Crippen molar-refractivity contribution in [1.29, 1.82) is 0 Å². The van der Waals surface area contributed by atoms with E-state index in [-0.39, 0.29) is 40.1 Å². The molecule has 0 radical (unpaired) electrons. The Hall–Kier alpha value is -2.21. The smallest absolute Gasteiger partial charge is 0.410 e. The third-order valence-corrected chi connectivity index (χ3v) is 7.84. The van der Waals surface area contributed by atoms with E-state index >= 15 is 0 Å². The van der Waals surface area contributed by atoms with Gasteiger partial charge in [-0.1, -0.05) is 11.6 Å². The van der Waals surface area contributed by atoms with Crippen LogP contribution in [0.25, 0.3) is 11.4 Å². The van der Waals surface area contributed by atoms with E-state index in [1.165, 1.54) is 0 Å². The first-order valence-corrected chi connectivity index (χ1v) is 12.4. The second-order valence-corrected chi connectivity index (χ2v) is 10.7. The lowest BCUT2D eigenvalue weighted by Gasteiger charge is -2.37. The van der Waals surface area contributed by atoms with E-state index in [9.17, 15) is 22.7 Å². The van der Waals surface area contributed by atoms with Crippen LogP contribution >= 0.6 is 22.2 Å². The first kappa shape index (κ1) is 21.6. The molecule has 0 atom stereocenters. The molecule has 0 saturated carbocycles. The standard InChI is InChI=1S/C20H21ClF2N4O4S/c21-14-8-15(22)12(7-16(14)23)18-24-17-10-32(29,30)9-13(17)19(25-18)26-3-1-11(2-4-26)27-5-6-31-20(27)28/h7-8,11,29-30H,1-6,9-10H2. The number of hydrogen-bond donors (Lipinski definition) is 2. The predicted octanol–water partition coefficient (Wildman–Crippen LogP) is 4.26. The van der Waals surface area contributed by atoms with Gasteiger partial charge in [-0.25, -0.2) is 23.5 Å². The molecule has 3 aliphatic heterocycles. The van der Waals surface area contributed by atoms with E-state index in [1.807, 2.05) is 4.90 Å². The Kier molecular flexibility index (Phi) is 5.39. The zero-order valence-corrected chi connectivity index (χ0v) is 18.5. The van der Waals surface area contributed by atoms with Gasteiger partial charge in [0.25, 0.3) is 0 Å². The molecule has 172 valence electrons. The number of hydrogen-bond acceptors (Lipinski definition) is 7. The second kappa shape index (κ2) is 7.98. The molecule has 8 nitrogen and oxygen atoms in total. The summed E-state index contributed by atoms with van der Waals surface area (Å²) in [6.07, 6.45) is 1.06. The van der Waals surface area contributed by atoms with Crippen molar-refractivity contribution in [3.05, 3.63) is 40.0 Å². The maximum atomic E-state index is 14.6. The van der Waals surface area contributed by atoms with Gasteiger partial charge in [-0.2, -0.15) is 10.6 Å². The SMILES string of the molecule is O=C1OCCN1C1CCN(c2nc(-c3cc(F)c(Cl)cc3F)nc3c2CS(O)(O)C3)CC1. The maximum absolute atomic E-state index is 14.6. The Morgan fingerprint density at radius 3 is 2.53 bits per heavy atom. The van der Waals surface area contributed by atoms with E-state index in [1.54, 1.807) is 4.90 Å². The predicted molar refractivity (Wildman–Crippen MR) is 116 cm³/mol. The number of amides is 1.